The van der Waals surface area contributed by atoms with Crippen LogP contribution in [0.5, 0.6) is 11.5 Å². The average Bonchev–Trinajstić information content (AvgIpc) is 3.22. The zero-order chi connectivity index (χ0) is 23.4. The van der Waals surface area contributed by atoms with Gasteiger partial charge in [0.05, 0.1) is 19.9 Å². The number of hydrogen-bond acceptors (Lipinski definition) is 5. The fraction of sp³-hybridized carbons (Fsp3) is 0.333. The van der Waals surface area contributed by atoms with Gasteiger partial charge in [-0.2, -0.15) is 0 Å². The summed E-state index contributed by atoms with van der Waals surface area (Å²) in [6.45, 7) is 6.55. The number of nitrogens with one attached hydrogen (secondary N) is 1. The molecule has 0 spiro atoms. The number of benzene rings is 2. The highest BCUT2D eigenvalue weighted by Gasteiger charge is 2.36. The molecule has 172 valence electrons. The number of ether oxygens (including phenoxy) is 2. The second-order valence-corrected chi connectivity index (χ2v) is 8.68. The summed E-state index contributed by atoms with van der Waals surface area (Å²) in [6.07, 6.45) is 2.23. The summed E-state index contributed by atoms with van der Waals surface area (Å²) in [5.74, 6) is 2.35. The van der Waals surface area contributed by atoms with Crippen molar-refractivity contribution in [3.63, 3.8) is 0 Å². The molecule has 6 heteroatoms. The Labute approximate surface area is 194 Å². The van der Waals surface area contributed by atoms with Crippen LogP contribution in [0.15, 0.2) is 65.0 Å². The van der Waals surface area contributed by atoms with Crippen LogP contribution in [0.25, 0.3) is 6.08 Å². The maximum absolute atomic E-state index is 12.2. The summed E-state index contributed by atoms with van der Waals surface area (Å²) >= 11 is 0. The smallest absolute Gasteiger partial charge is 0.251 e. The summed E-state index contributed by atoms with van der Waals surface area (Å²) in [5, 5.41) is 0. The molecule has 1 aliphatic rings. The standard InChI is InChI=1S/C27H31N3O3/c1-18(12-20-8-6-5-7-9-20)15-30-16-22(21-10-11-25(32-3)26(13-21)33-4)23(17-30)24-14-27(31)29-19(2)28-24/h5-14,22-23H,15-17H2,1-4H3,(H,28,29,31)/b18-12+/t22-,23+/m0/s1. The molecule has 1 N–H and O–H groups in total. The summed E-state index contributed by atoms with van der Waals surface area (Å²) in [6, 6.07) is 18.1. The maximum atomic E-state index is 12.2. The Kier molecular flexibility index (Phi) is 6.94. The largest absolute Gasteiger partial charge is 0.493 e. The molecule has 1 fully saturated rings. The molecule has 0 unspecified atom stereocenters. The van der Waals surface area contributed by atoms with Crippen molar-refractivity contribution in [2.24, 2.45) is 0 Å². The van der Waals surface area contributed by atoms with Crippen LogP contribution >= 0.6 is 0 Å². The Morgan fingerprint density at radius 1 is 1.06 bits per heavy atom. The van der Waals surface area contributed by atoms with E-state index in [-0.39, 0.29) is 17.4 Å². The van der Waals surface area contributed by atoms with Gasteiger partial charge in [-0.25, -0.2) is 4.98 Å². The molecule has 33 heavy (non-hydrogen) atoms. The molecule has 1 aromatic heterocycles. The zero-order valence-electron chi connectivity index (χ0n) is 19.7. The molecule has 0 amide bonds. The number of methoxy groups -OCH3 is 2. The van der Waals surface area contributed by atoms with Crippen LogP contribution in [-0.2, 0) is 0 Å². The maximum Gasteiger partial charge on any atom is 0.251 e. The lowest BCUT2D eigenvalue weighted by molar-refractivity contribution is 0.353. The molecule has 6 nitrogen and oxygen atoms in total. The number of nitrogens with zero attached hydrogens (tertiary/aromatic N) is 2. The fourth-order valence-electron chi connectivity index (χ4n) is 4.76. The van der Waals surface area contributed by atoms with E-state index in [4.69, 9.17) is 14.5 Å². The minimum atomic E-state index is -0.109. The first kappa shape index (κ1) is 22.8. The number of aromatic amines is 1. The van der Waals surface area contributed by atoms with E-state index in [0.29, 0.717) is 17.3 Å². The van der Waals surface area contributed by atoms with E-state index < -0.39 is 0 Å². The predicted octanol–water partition coefficient (Wildman–Crippen LogP) is 4.38. The monoisotopic (exact) mass is 445 g/mol. The summed E-state index contributed by atoms with van der Waals surface area (Å²) in [4.78, 5) is 22.1. The molecule has 1 aliphatic heterocycles. The highest BCUT2D eigenvalue weighted by Crippen LogP contribution is 2.41. The highest BCUT2D eigenvalue weighted by molar-refractivity contribution is 5.52. The number of rotatable bonds is 7. The summed E-state index contributed by atoms with van der Waals surface area (Å²) < 4.78 is 11.0. The molecule has 4 rings (SSSR count). The van der Waals surface area contributed by atoms with Crippen LogP contribution in [0.2, 0.25) is 0 Å². The molecule has 0 aliphatic carbocycles. The number of H-pyrrole nitrogens is 1. The van der Waals surface area contributed by atoms with Gasteiger partial charge in [-0.05, 0) is 37.1 Å². The number of aryl methyl sites for hydroxylation is 1. The third-order valence-corrected chi connectivity index (χ3v) is 6.18. The normalized spacial score (nSPS) is 19.0. The van der Waals surface area contributed by atoms with Gasteiger partial charge in [0.15, 0.2) is 11.5 Å². The van der Waals surface area contributed by atoms with Crippen LogP contribution in [0.3, 0.4) is 0 Å². The number of likely N-dealkylation sites (tertiary alicyclic amines) is 1. The molecule has 3 aromatic rings. The van der Waals surface area contributed by atoms with Crippen molar-refractivity contribution in [2.45, 2.75) is 25.7 Å². The van der Waals surface area contributed by atoms with Crippen molar-refractivity contribution in [1.29, 1.82) is 0 Å². The second-order valence-electron chi connectivity index (χ2n) is 8.68. The van der Waals surface area contributed by atoms with Crippen LogP contribution in [0.1, 0.15) is 41.4 Å². The third kappa shape index (κ3) is 5.34. The quantitative estimate of drug-likeness (QED) is 0.585. The molecule has 0 radical (unpaired) electrons. The van der Waals surface area contributed by atoms with Gasteiger partial charge in [0.2, 0.25) is 0 Å². The van der Waals surface area contributed by atoms with Crippen LogP contribution in [-0.4, -0.2) is 48.7 Å². The van der Waals surface area contributed by atoms with E-state index in [0.717, 1.165) is 30.9 Å². The molecule has 0 bridgehead atoms. The number of aromatic nitrogens is 2. The van der Waals surface area contributed by atoms with E-state index >= 15 is 0 Å². The average molecular weight is 446 g/mol. The van der Waals surface area contributed by atoms with Crippen LogP contribution in [0.4, 0.5) is 0 Å². The lowest BCUT2D eigenvalue weighted by atomic mass is 9.86. The highest BCUT2D eigenvalue weighted by atomic mass is 16.5. The third-order valence-electron chi connectivity index (χ3n) is 6.18. The summed E-state index contributed by atoms with van der Waals surface area (Å²) in [7, 11) is 3.29. The first-order valence-electron chi connectivity index (χ1n) is 11.2. The lowest BCUT2D eigenvalue weighted by Gasteiger charge is -2.20. The molecular weight excluding hydrogens is 414 g/mol. The predicted molar refractivity (Wildman–Crippen MR) is 131 cm³/mol. The minimum Gasteiger partial charge on any atom is -0.493 e. The Morgan fingerprint density at radius 3 is 2.48 bits per heavy atom. The SMILES string of the molecule is COc1ccc([C@@H]2CN(C/C(C)=C/c3ccccc3)C[C@H]2c2cc(=O)[nH]c(C)n2)cc1OC. The molecule has 2 atom stereocenters. The lowest BCUT2D eigenvalue weighted by Crippen LogP contribution is -2.23. The molecule has 2 heterocycles. The van der Waals surface area contributed by atoms with Gasteiger partial charge in [-0.1, -0.05) is 48.0 Å². The Morgan fingerprint density at radius 2 is 1.79 bits per heavy atom. The van der Waals surface area contributed by atoms with Gasteiger partial charge in [0, 0.05) is 37.5 Å². The van der Waals surface area contributed by atoms with Crippen LogP contribution in [0, 0.1) is 6.92 Å². The van der Waals surface area contributed by atoms with Crippen molar-refractivity contribution in [3.05, 3.63) is 93.2 Å². The number of hydrogen-bond donors (Lipinski definition) is 1. The molecular formula is C27H31N3O3. The van der Waals surface area contributed by atoms with E-state index in [1.54, 1.807) is 20.3 Å². The first-order chi connectivity index (χ1) is 16.0. The van der Waals surface area contributed by atoms with Crippen molar-refractivity contribution < 1.29 is 9.47 Å². The zero-order valence-corrected chi connectivity index (χ0v) is 19.7. The molecule has 0 saturated carbocycles. The van der Waals surface area contributed by atoms with E-state index in [2.05, 4.69) is 53.2 Å². The van der Waals surface area contributed by atoms with Crippen molar-refractivity contribution in [3.8, 4) is 11.5 Å². The van der Waals surface area contributed by atoms with Crippen LogP contribution < -0.4 is 15.0 Å². The topological polar surface area (TPSA) is 67.5 Å². The van der Waals surface area contributed by atoms with E-state index in [9.17, 15) is 4.79 Å². The van der Waals surface area contributed by atoms with Gasteiger partial charge in [0.25, 0.3) is 5.56 Å². The van der Waals surface area contributed by atoms with Gasteiger partial charge >= 0.3 is 0 Å². The van der Waals surface area contributed by atoms with Crippen molar-refractivity contribution in [2.75, 3.05) is 33.9 Å². The minimum absolute atomic E-state index is 0.105. The van der Waals surface area contributed by atoms with Crippen molar-refractivity contribution in [1.82, 2.24) is 14.9 Å². The molecule has 2 aromatic carbocycles. The van der Waals surface area contributed by atoms with Gasteiger partial charge < -0.3 is 14.5 Å². The Balaban J connectivity index is 1.65. The van der Waals surface area contributed by atoms with Crippen molar-refractivity contribution >= 4 is 6.08 Å². The van der Waals surface area contributed by atoms with E-state index in [1.165, 1.54) is 11.1 Å². The first-order valence-corrected chi connectivity index (χ1v) is 11.2. The van der Waals surface area contributed by atoms with Gasteiger partial charge in [-0.3, -0.25) is 9.69 Å². The Bertz CT molecular complexity index is 1190. The molecule has 1 saturated heterocycles. The van der Waals surface area contributed by atoms with Gasteiger partial charge in [0.1, 0.15) is 5.82 Å². The Hall–Kier alpha value is -3.38. The van der Waals surface area contributed by atoms with E-state index in [1.807, 2.05) is 25.1 Å². The summed E-state index contributed by atoms with van der Waals surface area (Å²) in [5.41, 5.74) is 4.38. The van der Waals surface area contributed by atoms with Gasteiger partial charge in [-0.15, -0.1) is 0 Å². The fourth-order valence-corrected chi connectivity index (χ4v) is 4.76. The second kappa shape index (κ2) is 10.0.